The molecule has 3 aliphatic rings. The van der Waals surface area contributed by atoms with Gasteiger partial charge in [0.1, 0.15) is 6.04 Å². The number of fused-ring (bicyclic) bond motifs is 3. The molecule has 2 amide bonds. The zero-order chi connectivity index (χ0) is 34.1. The second-order valence-corrected chi connectivity index (χ2v) is 14.8. The quantitative estimate of drug-likeness (QED) is 0.230. The predicted octanol–water partition coefficient (Wildman–Crippen LogP) is 6.04. The smallest absolute Gasteiger partial charge is 0.465 e. The second kappa shape index (κ2) is 13.4. The molecule has 0 radical (unpaired) electrons. The molecule has 250 valence electrons. The maximum Gasteiger partial charge on any atom is 0.494 e. The molecule has 0 bridgehead atoms. The van der Waals surface area contributed by atoms with Gasteiger partial charge in [-0.25, -0.2) is 0 Å². The van der Waals surface area contributed by atoms with E-state index in [9.17, 15) is 14.4 Å². The number of esters is 1. The highest BCUT2D eigenvalue weighted by Gasteiger charge is 2.52. The number of carbonyl (C=O) groups is 3. The van der Waals surface area contributed by atoms with E-state index in [1.807, 2.05) is 59.7 Å². The number of amides is 2. The van der Waals surface area contributed by atoms with Crippen LogP contribution in [0.5, 0.6) is 0 Å². The van der Waals surface area contributed by atoms with Crippen molar-refractivity contribution in [3.8, 4) is 0 Å². The van der Waals surface area contributed by atoms with Crippen LogP contribution in [0.2, 0.25) is 0 Å². The summed E-state index contributed by atoms with van der Waals surface area (Å²) in [6, 6.07) is 14.9. The molecule has 9 heteroatoms. The monoisotopic (exact) mass is 640 g/mol. The van der Waals surface area contributed by atoms with Crippen LogP contribution < -0.4 is 16.1 Å². The van der Waals surface area contributed by atoms with E-state index >= 15 is 0 Å². The van der Waals surface area contributed by atoms with Gasteiger partial charge in [-0.15, -0.1) is 0 Å². The summed E-state index contributed by atoms with van der Waals surface area (Å²) < 4.78 is 18.1. The third-order valence-electron chi connectivity index (χ3n) is 10.7. The standard InChI is InChI=1S/C38H49BN2O6/c1-24(2)28(20-21-33(42)45-23-32-30-14-10-9-13-29(30)31-15-11-12-22-38(31,32)8)35(44)40-25(3)34(43)41-27-18-16-26(17-19-27)39-46-36(4,5)37(6,7)47-39/h9-19,22,24-25,28,31-32H,20-21,23H2,1-8H3,(H,40,44)(H,41,43)/t25-,28-,31?,32?,38?/m0/s1. The van der Waals surface area contributed by atoms with Crippen molar-refractivity contribution in [2.24, 2.45) is 17.3 Å². The Morgan fingerprint density at radius 1 is 0.872 bits per heavy atom. The average molecular weight is 641 g/mol. The van der Waals surface area contributed by atoms with Crippen molar-refractivity contribution in [3.05, 3.63) is 84.0 Å². The molecule has 8 nitrogen and oxygen atoms in total. The van der Waals surface area contributed by atoms with Gasteiger partial charge >= 0.3 is 13.1 Å². The molecule has 3 unspecified atom stereocenters. The lowest BCUT2D eigenvalue weighted by Crippen LogP contribution is -2.45. The summed E-state index contributed by atoms with van der Waals surface area (Å²) >= 11 is 0. The van der Waals surface area contributed by atoms with Crippen LogP contribution in [0.15, 0.2) is 72.8 Å². The molecule has 0 saturated carbocycles. The van der Waals surface area contributed by atoms with Crippen molar-refractivity contribution in [1.29, 1.82) is 0 Å². The highest BCUT2D eigenvalue weighted by molar-refractivity contribution is 6.62. The number of anilines is 1. The van der Waals surface area contributed by atoms with Gasteiger partial charge in [0, 0.05) is 35.3 Å². The Morgan fingerprint density at radius 2 is 1.51 bits per heavy atom. The summed E-state index contributed by atoms with van der Waals surface area (Å²) in [5.74, 6) is -1.08. The number of rotatable bonds is 11. The highest BCUT2D eigenvalue weighted by atomic mass is 16.7. The number of nitrogens with one attached hydrogen (secondary N) is 2. The Morgan fingerprint density at radius 3 is 2.15 bits per heavy atom. The number of carbonyl (C=O) groups excluding carboxylic acids is 3. The van der Waals surface area contributed by atoms with Crippen molar-refractivity contribution >= 4 is 36.1 Å². The maximum atomic E-state index is 13.3. The molecule has 0 spiro atoms. The minimum absolute atomic E-state index is 0.0267. The molecule has 2 aromatic rings. The Kier molecular flexibility index (Phi) is 9.90. The fraction of sp³-hybridized carbons (Fsp3) is 0.500. The topological polar surface area (TPSA) is 103 Å². The second-order valence-electron chi connectivity index (χ2n) is 14.8. The fourth-order valence-corrected chi connectivity index (χ4v) is 6.86. The van der Waals surface area contributed by atoms with E-state index in [4.69, 9.17) is 14.0 Å². The highest BCUT2D eigenvalue weighted by Crippen LogP contribution is 2.57. The van der Waals surface area contributed by atoms with Gasteiger partial charge in [0.2, 0.25) is 11.8 Å². The van der Waals surface area contributed by atoms with Crippen molar-refractivity contribution < 1.29 is 28.4 Å². The zero-order valence-corrected chi connectivity index (χ0v) is 29.0. The molecule has 1 saturated heterocycles. The van der Waals surface area contributed by atoms with Crippen LogP contribution >= 0.6 is 0 Å². The third-order valence-corrected chi connectivity index (χ3v) is 10.7. The lowest BCUT2D eigenvalue weighted by atomic mass is 9.70. The molecule has 5 rings (SSSR count). The fourth-order valence-electron chi connectivity index (χ4n) is 6.86. The van der Waals surface area contributed by atoms with Crippen molar-refractivity contribution in [2.75, 3.05) is 11.9 Å². The number of allylic oxidation sites excluding steroid dienone is 4. The molecule has 1 aliphatic heterocycles. The van der Waals surface area contributed by atoms with Gasteiger partial charge in [0.25, 0.3) is 0 Å². The summed E-state index contributed by atoms with van der Waals surface area (Å²) in [5, 5.41) is 5.72. The molecule has 2 aliphatic carbocycles. The SMILES string of the molecule is CC(C)[C@H](CCC(=O)OCC1c2ccccc2C2C=CC=CC21C)C(=O)N[C@@H](C)C(=O)Nc1ccc(B2OC(C)(C)C(C)(C)O2)cc1. The Balaban J connectivity index is 1.11. The molecule has 47 heavy (non-hydrogen) atoms. The van der Waals surface area contributed by atoms with E-state index in [-0.39, 0.29) is 54.0 Å². The molecule has 0 aromatic heterocycles. The first kappa shape index (κ1) is 34.6. The van der Waals surface area contributed by atoms with Gasteiger partial charge < -0.3 is 24.7 Å². The van der Waals surface area contributed by atoms with E-state index in [1.165, 1.54) is 11.1 Å². The van der Waals surface area contributed by atoms with Gasteiger partial charge in [-0.05, 0) is 75.7 Å². The van der Waals surface area contributed by atoms with Gasteiger partial charge in [-0.2, -0.15) is 0 Å². The average Bonchev–Trinajstić information content (AvgIpc) is 3.40. The van der Waals surface area contributed by atoms with Gasteiger partial charge in [-0.3, -0.25) is 14.4 Å². The van der Waals surface area contributed by atoms with Gasteiger partial charge in [0.15, 0.2) is 0 Å². The maximum absolute atomic E-state index is 13.3. The summed E-state index contributed by atoms with van der Waals surface area (Å²) in [5.41, 5.74) is 2.91. The summed E-state index contributed by atoms with van der Waals surface area (Å²) in [4.78, 5) is 39.2. The van der Waals surface area contributed by atoms with Gasteiger partial charge in [-0.1, -0.05) is 81.5 Å². The van der Waals surface area contributed by atoms with Crippen molar-refractivity contribution in [3.63, 3.8) is 0 Å². The number of hydrogen-bond acceptors (Lipinski definition) is 6. The predicted molar refractivity (Wildman–Crippen MR) is 185 cm³/mol. The van der Waals surface area contributed by atoms with Crippen LogP contribution in [0.3, 0.4) is 0 Å². The molecule has 1 fully saturated rings. The normalized spacial score (nSPS) is 24.7. The molecular weight excluding hydrogens is 591 g/mol. The van der Waals surface area contributed by atoms with Crippen LogP contribution in [0.1, 0.15) is 91.2 Å². The van der Waals surface area contributed by atoms with Gasteiger partial charge in [0.05, 0.1) is 17.8 Å². The third kappa shape index (κ3) is 7.12. The first-order valence-electron chi connectivity index (χ1n) is 16.8. The number of benzene rings is 2. The van der Waals surface area contributed by atoms with E-state index < -0.39 is 30.3 Å². The van der Waals surface area contributed by atoms with E-state index in [2.05, 4.69) is 60.1 Å². The van der Waals surface area contributed by atoms with Crippen LogP contribution in [-0.4, -0.2) is 48.8 Å². The minimum Gasteiger partial charge on any atom is -0.465 e. The lowest BCUT2D eigenvalue weighted by Gasteiger charge is -2.34. The Hall–Kier alpha value is -3.69. The molecule has 2 N–H and O–H groups in total. The van der Waals surface area contributed by atoms with E-state index in [0.717, 1.165) is 5.46 Å². The Labute approximate surface area is 279 Å². The van der Waals surface area contributed by atoms with Crippen LogP contribution in [-0.2, 0) is 28.4 Å². The zero-order valence-electron chi connectivity index (χ0n) is 29.0. The molecule has 5 atom stereocenters. The van der Waals surface area contributed by atoms with E-state index in [0.29, 0.717) is 12.1 Å². The first-order valence-corrected chi connectivity index (χ1v) is 16.8. The number of hydrogen-bond donors (Lipinski definition) is 2. The Bertz CT molecular complexity index is 1530. The summed E-state index contributed by atoms with van der Waals surface area (Å²) in [6.07, 6.45) is 9.07. The lowest BCUT2D eigenvalue weighted by molar-refractivity contribution is -0.145. The molecule has 2 aromatic carbocycles. The summed E-state index contributed by atoms with van der Waals surface area (Å²) in [7, 11) is -0.491. The van der Waals surface area contributed by atoms with Crippen molar-refractivity contribution in [1.82, 2.24) is 5.32 Å². The molecule has 1 heterocycles. The number of ether oxygens (including phenoxy) is 1. The van der Waals surface area contributed by atoms with E-state index in [1.54, 1.807) is 19.1 Å². The molecular formula is C38H49BN2O6. The van der Waals surface area contributed by atoms with Crippen LogP contribution in [0, 0.1) is 17.3 Å². The van der Waals surface area contributed by atoms with Crippen molar-refractivity contribution in [2.45, 2.75) is 97.3 Å². The largest absolute Gasteiger partial charge is 0.494 e. The minimum atomic E-state index is -0.771. The first-order chi connectivity index (χ1) is 22.1. The van der Waals surface area contributed by atoms with Crippen LogP contribution in [0.4, 0.5) is 5.69 Å². The summed E-state index contributed by atoms with van der Waals surface area (Å²) in [6.45, 7) is 16.1. The van der Waals surface area contributed by atoms with Crippen LogP contribution in [0.25, 0.3) is 0 Å².